The van der Waals surface area contributed by atoms with Crippen LogP contribution in [-0.4, -0.2) is 28.9 Å². The van der Waals surface area contributed by atoms with Gasteiger partial charge in [0.15, 0.2) is 5.96 Å². The van der Waals surface area contributed by atoms with Crippen LogP contribution in [0.4, 0.5) is 0 Å². The summed E-state index contributed by atoms with van der Waals surface area (Å²) in [6.07, 6.45) is 5.04. The van der Waals surface area contributed by atoms with E-state index in [1.54, 1.807) is 6.20 Å². The monoisotopic (exact) mass is 203 g/mol. The first-order valence-corrected chi connectivity index (χ1v) is 5.15. The second-order valence-electron chi connectivity index (χ2n) is 3.55. The van der Waals surface area contributed by atoms with Crippen LogP contribution in [0.3, 0.4) is 0 Å². The molecule has 0 spiro atoms. The van der Waals surface area contributed by atoms with Gasteiger partial charge in [-0.25, -0.2) is 0 Å². The van der Waals surface area contributed by atoms with Crippen molar-refractivity contribution in [2.24, 2.45) is 0 Å². The lowest BCUT2D eigenvalue weighted by molar-refractivity contribution is 0.496. The maximum atomic E-state index is 7.80. The van der Waals surface area contributed by atoms with E-state index in [0.29, 0.717) is 12.5 Å². The highest BCUT2D eigenvalue weighted by atomic mass is 15.3. The number of nitrogens with one attached hydrogen (secondary N) is 2. The van der Waals surface area contributed by atoms with Gasteiger partial charge in [0.1, 0.15) is 0 Å². The van der Waals surface area contributed by atoms with Crippen LogP contribution in [0, 0.1) is 11.8 Å². The fraction of sp³-hybridized carbons (Fsp3) is 0.364. The van der Waals surface area contributed by atoms with Crippen LogP contribution in [0.5, 0.6) is 0 Å². The Morgan fingerprint density at radius 1 is 1.53 bits per heavy atom. The van der Waals surface area contributed by atoms with Gasteiger partial charge in [-0.1, -0.05) is 6.07 Å². The van der Waals surface area contributed by atoms with E-state index in [9.17, 15) is 0 Å². The maximum Gasteiger partial charge on any atom is 0.191 e. The van der Waals surface area contributed by atoms with E-state index in [0.717, 1.165) is 25.2 Å². The Balaban J connectivity index is 1.80. The lowest BCUT2D eigenvalue weighted by atomic mass is 10.3. The molecule has 1 aromatic heterocycles. The molecule has 79 valence electrons. The minimum Gasteiger partial charge on any atom is -0.351 e. The van der Waals surface area contributed by atoms with Gasteiger partial charge in [-0.15, -0.1) is 0 Å². The van der Waals surface area contributed by atoms with Crippen molar-refractivity contribution in [3.8, 4) is 0 Å². The quantitative estimate of drug-likeness (QED) is 0.557. The molecule has 2 rings (SSSR count). The zero-order chi connectivity index (χ0) is 10.5. The van der Waals surface area contributed by atoms with Crippen molar-refractivity contribution < 1.29 is 0 Å². The van der Waals surface area contributed by atoms with Crippen LogP contribution in [0.25, 0.3) is 0 Å². The Bertz CT molecular complexity index is 317. The van der Waals surface area contributed by atoms with E-state index in [2.05, 4.69) is 16.7 Å². The van der Waals surface area contributed by atoms with Crippen LogP contribution in [0.15, 0.2) is 24.4 Å². The summed E-state index contributed by atoms with van der Waals surface area (Å²) in [6, 6.07) is 5.80. The third kappa shape index (κ3) is 2.68. The molecule has 1 radical (unpaired) electrons. The largest absolute Gasteiger partial charge is 0.351 e. The molecule has 4 nitrogen and oxygen atoms in total. The number of hydrogen-bond donors (Lipinski definition) is 2. The van der Waals surface area contributed by atoms with Crippen LogP contribution in [-0.2, 0) is 6.54 Å². The van der Waals surface area contributed by atoms with E-state index in [-0.39, 0.29) is 0 Å². The third-order valence-electron chi connectivity index (χ3n) is 2.43. The molecule has 0 bridgehead atoms. The van der Waals surface area contributed by atoms with Crippen molar-refractivity contribution in [3.05, 3.63) is 36.5 Å². The highest BCUT2D eigenvalue weighted by Gasteiger charge is 2.14. The molecule has 0 aromatic carbocycles. The number of hydrogen-bond acceptors (Lipinski definition) is 2. The molecule has 2 N–H and O–H groups in total. The fourth-order valence-corrected chi connectivity index (χ4v) is 1.58. The van der Waals surface area contributed by atoms with Gasteiger partial charge >= 0.3 is 0 Å². The summed E-state index contributed by atoms with van der Waals surface area (Å²) < 4.78 is 0. The van der Waals surface area contributed by atoms with E-state index in [1.807, 2.05) is 23.1 Å². The van der Waals surface area contributed by atoms with Gasteiger partial charge in [0, 0.05) is 19.3 Å². The highest BCUT2D eigenvalue weighted by Crippen LogP contribution is 2.05. The molecular formula is C11H15N4. The summed E-state index contributed by atoms with van der Waals surface area (Å²) >= 11 is 0. The second-order valence-corrected chi connectivity index (χ2v) is 3.55. The number of guanidine groups is 1. The van der Waals surface area contributed by atoms with Crippen LogP contribution in [0.1, 0.15) is 12.1 Å². The molecule has 15 heavy (non-hydrogen) atoms. The summed E-state index contributed by atoms with van der Waals surface area (Å²) in [5.74, 6) is 0.495. The lowest BCUT2D eigenvalue weighted by Crippen LogP contribution is -2.38. The SMILES string of the molecule is N=C(NCc1ccccn1)N1C[CH]CC1. The van der Waals surface area contributed by atoms with E-state index >= 15 is 0 Å². The number of nitrogens with zero attached hydrogens (tertiary/aromatic N) is 2. The zero-order valence-electron chi connectivity index (χ0n) is 8.61. The first-order chi connectivity index (χ1) is 7.36. The lowest BCUT2D eigenvalue weighted by Gasteiger charge is -2.18. The Labute approximate surface area is 89.8 Å². The maximum absolute atomic E-state index is 7.80. The Hall–Kier alpha value is -1.58. The molecule has 0 aliphatic carbocycles. The van der Waals surface area contributed by atoms with Gasteiger partial charge in [-0.05, 0) is 25.0 Å². The van der Waals surface area contributed by atoms with Gasteiger partial charge < -0.3 is 10.2 Å². The van der Waals surface area contributed by atoms with E-state index in [1.165, 1.54) is 0 Å². The molecule has 1 aromatic rings. The molecule has 1 aliphatic rings. The first-order valence-electron chi connectivity index (χ1n) is 5.15. The van der Waals surface area contributed by atoms with E-state index in [4.69, 9.17) is 5.41 Å². The van der Waals surface area contributed by atoms with Gasteiger partial charge in [0.05, 0.1) is 12.2 Å². The highest BCUT2D eigenvalue weighted by molar-refractivity contribution is 5.77. The molecule has 2 heterocycles. The number of likely N-dealkylation sites (tertiary alicyclic amines) is 1. The van der Waals surface area contributed by atoms with Crippen molar-refractivity contribution in [1.29, 1.82) is 5.41 Å². The standard InChI is InChI=1S/C11H15N4/c12-11(15-7-3-4-8-15)14-9-10-5-1-2-6-13-10/h1-3,5-6H,4,7-9H2,(H2,12,14). The van der Waals surface area contributed by atoms with Crippen molar-refractivity contribution in [1.82, 2.24) is 15.2 Å². The molecule has 4 heteroatoms. The van der Waals surface area contributed by atoms with Gasteiger partial charge in [0.25, 0.3) is 0 Å². The fourth-order valence-electron chi connectivity index (χ4n) is 1.58. The molecule has 0 saturated carbocycles. The minimum absolute atomic E-state index is 0.495. The van der Waals surface area contributed by atoms with Crippen molar-refractivity contribution in [2.75, 3.05) is 13.1 Å². The smallest absolute Gasteiger partial charge is 0.191 e. The van der Waals surface area contributed by atoms with Crippen LogP contribution >= 0.6 is 0 Å². The molecule has 0 atom stereocenters. The number of aromatic nitrogens is 1. The van der Waals surface area contributed by atoms with Gasteiger partial charge in [-0.2, -0.15) is 0 Å². The van der Waals surface area contributed by atoms with Crippen LogP contribution < -0.4 is 5.32 Å². The summed E-state index contributed by atoms with van der Waals surface area (Å²) in [5.41, 5.74) is 0.963. The molecule has 1 fully saturated rings. The Morgan fingerprint density at radius 3 is 3.13 bits per heavy atom. The summed E-state index contributed by atoms with van der Waals surface area (Å²) in [4.78, 5) is 6.21. The normalized spacial score (nSPS) is 15.3. The third-order valence-corrected chi connectivity index (χ3v) is 2.43. The Morgan fingerprint density at radius 2 is 2.47 bits per heavy atom. The topological polar surface area (TPSA) is 52.0 Å². The first kappa shape index (κ1) is 9.96. The van der Waals surface area contributed by atoms with Crippen LogP contribution in [0.2, 0.25) is 0 Å². The minimum atomic E-state index is 0.495. The number of rotatable bonds is 2. The van der Waals surface area contributed by atoms with Crippen molar-refractivity contribution in [3.63, 3.8) is 0 Å². The van der Waals surface area contributed by atoms with Crippen molar-refractivity contribution >= 4 is 5.96 Å². The van der Waals surface area contributed by atoms with Crippen molar-refractivity contribution in [2.45, 2.75) is 13.0 Å². The predicted molar refractivity (Wildman–Crippen MR) is 59.3 cm³/mol. The zero-order valence-corrected chi connectivity index (χ0v) is 8.61. The predicted octanol–water partition coefficient (Wildman–Crippen LogP) is 1.02. The molecular weight excluding hydrogens is 188 g/mol. The van der Waals surface area contributed by atoms with Gasteiger partial charge in [-0.3, -0.25) is 10.4 Å². The van der Waals surface area contributed by atoms with E-state index < -0.39 is 0 Å². The summed E-state index contributed by atoms with van der Waals surface area (Å²) in [5, 5.41) is 10.9. The second kappa shape index (κ2) is 4.77. The molecule has 1 saturated heterocycles. The van der Waals surface area contributed by atoms with Gasteiger partial charge in [0.2, 0.25) is 0 Å². The summed E-state index contributed by atoms with van der Waals surface area (Å²) in [7, 11) is 0. The number of pyridine rings is 1. The average molecular weight is 203 g/mol. The Kier molecular flexibility index (Phi) is 3.17. The molecule has 0 amide bonds. The molecule has 1 aliphatic heterocycles. The summed E-state index contributed by atoms with van der Waals surface area (Å²) in [6.45, 7) is 2.46. The molecule has 0 unspecified atom stereocenters. The average Bonchev–Trinajstić information content (AvgIpc) is 2.81.